The van der Waals surface area contributed by atoms with E-state index in [1.165, 1.54) is 19.3 Å². The second kappa shape index (κ2) is 6.35. The first-order chi connectivity index (χ1) is 4.81. The quantitative estimate of drug-likeness (QED) is 0.546. The van der Waals surface area contributed by atoms with Gasteiger partial charge in [-0.3, -0.25) is 0 Å². The van der Waals surface area contributed by atoms with Crippen LogP contribution in [0.25, 0.3) is 0 Å². The molecule has 0 aliphatic heterocycles. The van der Waals surface area contributed by atoms with E-state index in [2.05, 4.69) is 13.8 Å². The largest absolute Gasteiger partial charge is 0.193 e. The Bertz CT molecular complexity index is 130. The van der Waals surface area contributed by atoms with Crippen LogP contribution < -0.4 is 0 Å². The van der Waals surface area contributed by atoms with E-state index < -0.39 is 0 Å². The molecule has 0 saturated carbocycles. The zero-order valence-electron chi connectivity index (χ0n) is 6.80. The number of hydrogen-bond acceptors (Lipinski definition) is 1. The highest BCUT2D eigenvalue weighted by Crippen LogP contribution is 2.07. The van der Waals surface area contributed by atoms with Crippen molar-refractivity contribution in [2.24, 2.45) is 5.92 Å². The lowest BCUT2D eigenvalue weighted by molar-refractivity contribution is 0.598. The molecule has 1 unspecified atom stereocenters. The first kappa shape index (κ1) is 9.23. The van der Waals surface area contributed by atoms with Gasteiger partial charge in [-0.1, -0.05) is 32.8 Å². The number of allylic oxidation sites excluding steroid dienone is 2. The van der Waals surface area contributed by atoms with E-state index in [4.69, 9.17) is 5.26 Å². The SMILES string of the molecule is CCCCC(C)/C=C\C#N. The van der Waals surface area contributed by atoms with Crippen molar-refractivity contribution in [1.29, 1.82) is 5.26 Å². The van der Waals surface area contributed by atoms with E-state index in [0.29, 0.717) is 5.92 Å². The molecule has 0 aliphatic rings. The fourth-order valence-corrected chi connectivity index (χ4v) is 0.830. The maximum absolute atomic E-state index is 8.20. The standard InChI is InChI=1S/C9H15N/c1-3-4-6-9(2)7-5-8-10/h5,7,9H,3-4,6H2,1-2H3/b7-5-. The second-order valence-electron chi connectivity index (χ2n) is 2.61. The molecule has 0 rings (SSSR count). The van der Waals surface area contributed by atoms with Crippen molar-refractivity contribution in [3.8, 4) is 6.07 Å². The van der Waals surface area contributed by atoms with Crippen LogP contribution in [-0.4, -0.2) is 0 Å². The van der Waals surface area contributed by atoms with Crippen LogP contribution in [0.4, 0.5) is 0 Å². The molecular formula is C9H15N. The highest BCUT2D eigenvalue weighted by molar-refractivity contribution is 5.03. The normalized spacial score (nSPS) is 13.3. The molecule has 0 N–H and O–H groups in total. The lowest BCUT2D eigenvalue weighted by Gasteiger charge is -2.01. The van der Waals surface area contributed by atoms with Crippen molar-refractivity contribution in [3.63, 3.8) is 0 Å². The first-order valence-electron chi connectivity index (χ1n) is 3.87. The smallest absolute Gasteiger partial charge is 0.0908 e. The van der Waals surface area contributed by atoms with E-state index in [-0.39, 0.29) is 0 Å². The Morgan fingerprint density at radius 3 is 2.80 bits per heavy atom. The van der Waals surface area contributed by atoms with Crippen LogP contribution in [0.15, 0.2) is 12.2 Å². The molecule has 0 spiro atoms. The fourth-order valence-electron chi connectivity index (χ4n) is 0.830. The van der Waals surface area contributed by atoms with Gasteiger partial charge in [-0.25, -0.2) is 0 Å². The predicted molar refractivity (Wildman–Crippen MR) is 43.4 cm³/mol. The third-order valence-electron chi connectivity index (χ3n) is 1.51. The second-order valence-corrected chi connectivity index (χ2v) is 2.61. The highest BCUT2D eigenvalue weighted by Gasteiger charge is 1.93. The highest BCUT2D eigenvalue weighted by atomic mass is 14.2. The van der Waals surface area contributed by atoms with Gasteiger partial charge in [0.2, 0.25) is 0 Å². The summed E-state index contributed by atoms with van der Waals surface area (Å²) in [5, 5.41) is 8.20. The van der Waals surface area contributed by atoms with Gasteiger partial charge in [0.25, 0.3) is 0 Å². The van der Waals surface area contributed by atoms with Crippen LogP contribution in [0.5, 0.6) is 0 Å². The Kier molecular flexibility index (Phi) is 5.86. The van der Waals surface area contributed by atoms with Crippen LogP contribution in [0.3, 0.4) is 0 Å². The molecule has 1 heteroatoms. The van der Waals surface area contributed by atoms with Gasteiger partial charge in [-0.2, -0.15) is 5.26 Å². The van der Waals surface area contributed by atoms with Gasteiger partial charge in [0.15, 0.2) is 0 Å². The van der Waals surface area contributed by atoms with Gasteiger partial charge >= 0.3 is 0 Å². The Morgan fingerprint density at radius 2 is 2.30 bits per heavy atom. The fraction of sp³-hybridized carbons (Fsp3) is 0.667. The minimum Gasteiger partial charge on any atom is -0.193 e. The summed E-state index contributed by atoms with van der Waals surface area (Å²) in [6, 6.07) is 1.99. The molecule has 0 bridgehead atoms. The summed E-state index contributed by atoms with van der Waals surface area (Å²) in [5.74, 6) is 0.569. The van der Waals surface area contributed by atoms with Crippen LogP contribution in [0, 0.1) is 17.2 Å². The van der Waals surface area contributed by atoms with Crippen molar-refractivity contribution in [2.75, 3.05) is 0 Å². The summed E-state index contributed by atoms with van der Waals surface area (Å²) in [5.41, 5.74) is 0. The molecule has 1 nitrogen and oxygen atoms in total. The Balaban J connectivity index is 3.35. The lowest BCUT2D eigenvalue weighted by atomic mass is 10.0. The van der Waals surface area contributed by atoms with Crippen molar-refractivity contribution >= 4 is 0 Å². The third kappa shape index (κ3) is 5.37. The molecule has 0 aliphatic carbocycles. The number of nitriles is 1. The Labute approximate surface area is 63.4 Å². The van der Waals surface area contributed by atoms with Gasteiger partial charge in [0, 0.05) is 6.08 Å². The summed E-state index contributed by atoms with van der Waals surface area (Å²) in [7, 11) is 0. The zero-order chi connectivity index (χ0) is 7.82. The van der Waals surface area contributed by atoms with E-state index in [0.717, 1.165) is 0 Å². The van der Waals surface area contributed by atoms with Gasteiger partial charge < -0.3 is 0 Å². The summed E-state index contributed by atoms with van der Waals surface area (Å²) in [6.45, 7) is 4.32. The van der Waals surface area contributed by atoms with Crippen LogP contribution in [0.1, 0.15) is 33.1 Å². The predicted octanol–water partition coefficient (Wildman–Crippen LogP) is 2.89. The summed E-state index contributed by atoms with van der Waals surface area (Å²) in [4.78, 5) is 0. The lowest BCUT2D eigenvalue weighted by Crippen LogP contribution is -1.87. The topological polar surface area (TPSA) is 23.8 Å². The van der Waals surface area contributed by atoms with E-state index >= 15 is 0 Å². The summed E-state index contributed by atoms with van der Waals surface area (Å²) < 4.78 is 0. The summed E-state index contributed by atoms with van der Waals surface area (Å²) in [6.07, 6.45) is 7.24. The zero-order valence-corrected chi connectivity index (χ0v) is 6.80. The molecule has 0 saturated heterocycles. The molecule has 1 atom stereocenters. The molecule has 0 aromatic rings. The van der Waals surface area contributed by atoms with Gasteiger partial charge in [-0.05, 0) is 12.3 Å². The Morgan fingerprint density at radius 1 is 1.60 bits per heavy atom. The maximum atomic E-state index is 8.20. The van der Waals surface area contributed by atoms with E-state index in [1.54, 1.807) is 6.08 Å². The number of unbranched alkanes of at least 4 members (excludes halogenated alkanes) is 1. The number of nitrogens with zero attached hydrogens (tertiary/aromatic N) is 1. The van der Waals surface area contributed by atoms with Crippen molar-refractivity contribution in [2.45, 2.75) is 33.1 Å². The number of hydrogen-bond donors (Lipinski definition) is 0. The van der Waals surface area contributed by atoms with Gasteiger partial charge in [-0.15, -0.1) is 0 Å². The van der Waals surface area contributed by atoms with Crippen molar-refractivity contribution < 1.29 is 0 Å². The molecule has 10 heavy (non-hydrogen) atoms. The molecule has 0 aromatic carbocycles. The average Bonchev–Trinajstić information content (AvgIpc) is 1.97. The van der Waals surface area contributed by atoms with Gasteiger partial charge in [0.05, 0.1) is 6.07 Å². The van der Waals surface area contributed by atoms with E-state index in [9.17, 15) is 0 Å². The van der Waals surface area contributed by atoms with E-state index in [1.807, 2.05) is 12.1 Å². The van der Waals surface area contributed by atoms with Crippen molar-refractivity contribution in [3.05, 3.63) is 12.2 Å². The van der Waals surface area contributed by atoms with Crippen LogP contribution >= 0.6 is 0 Å². The molecule has 0 heterocycles. The van der Waals surface area contributed by atoms with Crippen LogP contribution in [-0.2, 0) is 0 Å². The third-order valence-corrected chi connectivity index (χ3v) is 1.51. The molecular weight excluding hydrogens is 122 g/mol. The Hall–Kier alpha value is -0.770. The van der Waals surface area contributed by atoms with Crippen LogP contribution in [0.2, 0.25) is 0 Å². The molecule has 0 radical (unpaired) electrons. The molecule has 0 fully saturated rings. The monoisotopic (exact) mass is 137 g/mol. The minimum absolute atomic E-state index is 0.569. The van der Waals surface area contributed by atoms with Gasteiger partial charge in [0.1, 0.15) is 0 Å². The first-order valence-corrected chi connectivity index (χ1v) is 3.87. The maximum Gasteiger partial charge on any atom is 0.0908 e. The summed E-state index contributed by atoms with van der Waals surface area (Å²) >= 11 is 0. The molecule has 56 valence electrons. The number of rotatable bonds is 4. The average molecular weight is 137 g/mol. The molecule has 0 aromatic heterocycles. The minimum atomic E-state index is 0.569. The molecule has 0 amide bonds. The van der Waals surface area contributed by atoms with Crippen molar-refractivity contribution in [1.82, 2.24) is 0 Å².